The minimum atomic E-state index is -0.0385. The first kappa shape index (κ1) is 20.9. The molecule has 4 rings (SSSR count). The third kappa shape index (κ3) is 4.52. The van der Waals surface area contributed by atoms with Gasteiger partial charge in [-0.05, 0) is 38.0 Å². The summed E-state index contributed by atoms with van der Waals surface area (Å²) in [4.78, 5) is 16.9. The van der Waals surface area contributed by atoms with Crippen molar-refractivity contribution in [1.29, 1.82) is 0 Å². The number of rotatable bonds is 6. The molecule has 1 saturated heterocycles. The highest BCUT2D eigenvalue weighted by Gasteiger charge is 2.28. The van der Waals surface area contributed by atoms with Gasteiger partial charge in [-0.1, -0.05) is 13.0 Å². The van der Waals surface area contributed by atoms with Crippen molar-refractivity contribution >= 4 is 5.91 Å². The van der Waals surface area contributed by atoms with Crippen molar-refractivity contribution in [3.63, 3.8) is 0 Å². The van der Waals surface area contributed by atoms with Gasteiger partial charge in [-0.15, -0.1) is 0 Å². The first-order valence-electron chi connectivity index (χ1n) is 11.1. The van der Waals surface area contributed by atoms with Crippen molar-refractivity contribution in [3.05, 3.63) is 46.8 Å². The van der Waals surface area contributed by atoms with Gasteiger partial charge in [0, 0.05) is 63.1 Å². The number of amides is 1. The van der Waals surface area contributed by atoms with Crippen molar-refractivity contribution < 1.29 is 9.53 Å². The summed E-state index contributed by atoms with van der Waals surface area (Å²) < 4.78 is 8.04. The van der Waals surface area contributed by atoms with Crippen LogP contribution in [0.3, 0.4) is 0 Å². The van der Waals surface area contributed by atoms with Crippen LogP contribution in [-0.2, 0) is 31.0 Å². The Kier molecular flexibility index (Phi) is 6.39. The molecule has 1 aromatic heterocycles. The summed E-state index contributed by atoms with van der Waals surface area (Å²) in [7, 11) is 0. The fourth-order valence-electron chi connectivity index (χ4n) is 4.48. The quantitative estimate of drug-likeness (QED) is 0.790. The molecule has 0 spiro atoms. The molecule has 2 aromatic rings. The lowest BCUT2D eigenvalue weighted by Gasteiger charge is -2.34. The number of carbonyl (C=O) groups is 1. The Balaban J connectivity index is 1.48. The van der Waals surface area contributed by atoms with Crippen LogP contribution in [0.5, 0.6) is 5.75 Å². The number of aromatic nitrogens is 2. The Morgan fingerprint density at radius 2 is 2.10 bits per heavy atom. The van der Waals surface area contributed by atoms with Gasteiger partial charge in [0.15, 0.2) is 0 Å². The highest BCUT2D eigenvalue weighted by atomic mass is 16.5. The number of fused-ring (bicyclic) bond motifs is 1. The second-order valence-electron chi connectivity index (χ2n) is 8.28. The molecular formula is C23H33N5O2. The number of benzene rings is 1. The van der Waals surface area contributed by atoms with E-state index in [9.17, 15) is 4.79 Å². The summed E-state index contributed by atoms with van der Waals surface area (Å²) in [6, 6.07) is 6.46. The molecule has 162 valence electrons. The maximum Gasteiger partial charge on any atom is 0.237 e. The maximum absolute atomic E-state index is 12.2. The van der Waals surface area contributed by atoms with E-state index in [1.54, 1.807) is 0 Å². The zero-order valence-electron chi connectivity index (χ0n) is 18.4. The van der Waals surface area contributed by atoms with Crippen LogP contribution < -0.4 is 10.1 Å². The van der Waals surface area contributed by atoms with Crippen molar-refractivity contribution in [1.82, 2.24) is 24.9 Å². The molecule has 2 aliphatic heterocycles. The van der Waals surface area contributed by atoms with Crippen LogP contribution in [0.4, 0.5) is 0 Å². The Bertz CT molecular complexity index is 894. The average Bonchev–Trinajstić information content (AvgIpc) is 2.96. The van der Waals surface area contributed by atoms with Gasteiger partial charge in [-0.25, -0.2) is 0 Å². The van der Waals surface area contributed by atoms with E-state index >= 15 is 0 Å². The van der Waals surface area contributed by atoms with Gasteiger partial charge in [0.05, 0.1) is 11.7 Å². The van der Waals surface area contributed by atoms with Crippen LogP contribution in [0.15, 0.2) is 24.4 Å². The first-order chi connectivity index (χ1) is 14.6. The monoisotopic (exact) mass is 411 g/mol. The molecule has 0 aliphatic carbocycles. The SMILES string of the molecule is CCC1C(=O)NCCN1Cc1ccc2c(c1)CN(Cc1cn(CC)nc1C)CCO2. The van der Waals surface area contributed by atoms with Crippen LogP contribution in [0.25, 0.3) is 0 Å². The number of ether oxygens (including phenoxy) is 1. The minimum absolute atomic E-state index is 0.0385. The second kappa shape index (κ2) is 9.18. The summed E-state index contributed by atoms with van der Waals surface area (Å²) in [6.45, 7) is 12.9. The molecule has 0 saturated carbocycles. The lowest BCUT2D eigenvalue weighted by molar-refractivity contribution is -0.129. The molecule has 1 fully saturated rings. The Morgan fingerprint density at radius 1 is 1.23 bits per heavy atom. The van der Waals surface area contributed by atoms with Crippen molar-refractivity contribution in [2.24, 2.45) is 0 Å². The van der Waals surface area contributed by atoms with Crippen molar-refractivity contribution in [2.75, 3.05) is 26.2 Å². The number of aryl methyl sites for hydroxylation is 2. The summed E-state index contributed by atoms with van der Waals surface area (Å²) >= 11 is 0. The Morgan fingerprint density at radius 3 is 2.87 bits per heavy atom. The number of nitrogens with one attached hydrogen (secondary N) is 1. The molecule has 7 heteroatoms. The van der Waals surface area contributed by atoms with E-state index in [1.165, 1.54) is 16.7 Å². The molecule has 1 aromatic carbocycles. The fraction of sp³-hybridized carbons (Fsp3) is 0.565. The maximum atomic E-state index is 12.2. The van der Waals surface area contributed by atoms with Crippen LogP contribution in [-0.4, -0.2) is 57.8 Å². The van der Waals surface area contributed by atoms with Gasteiger partial charge in [0.1, 0.15) is 12.4 Å². The molecule has 1 N–H and O–H groups in total. The zero-order chi connectivity index (χ0) is 21.1. The normalized spacial score (nSPS) is 20.4. The van der Waals surface area contributed by atoms with E-state index in [1.807, 2.05) is 4.68 Å². The van der Waals surface area contributed by atoms with Gasteiger partial charge in [0.2, 0.25) is 5.91 Å². The molecule has 3 heterocycles. The van der Waals surface area contributed by atoms with E-state index < -0.39 is 0 Å². The van der Waals surface area contributed by atoms with E-state index in [4.69, 9.17) is 4.74 Å². The topological polar surface area (TPSA) is 62.6 Å². The van der Waals surface area contributed by atoms with Gasteiger partial charge in [-0.2, -0.15) is 5.10 Å². The number of carbonyl (C=O) groups excluding carboxylic acids is 1. The van der Waals surface area contributed by atoms with Gasteiger partial charge >= 0.3 is 0 Å². The Hall–Kier alpha value is -2.38. The molecule has 2 aliphatic rings. The van der Waals surface area contributed by atoms with Gasteiger partial charge in [0.25, 0.3) is 0 Å². The largest absolute Gasteiger partial charge is 0.492 e. The first-order valence-corrected chi connectivity index (χ1v) is 11.1. The molecule has 0 bridgehead atoms. The van der Waals surface area contributed by atoms with Crippen LogP contribution in [0.1, 0.15) is 42.7 Å². The average molecular weight is 412 g/mol. The number of nitrogens with zero attached hydrogens (tertiary/aromatic N) is 4. The summed E-state index contributed by atoms with van der Waals surface area (Å²) in [5.41, 5.74) is 4.84. The standard InChI is InChI=1S/C23H33N5O2/c1-4-21-23(29)24-8-9-27(21)13-18-6-7-22-19(12-18)14-26(10-11-30-22)15-20-16-28(5-2)25-17(20)3/h6-7,12,16,21H,4-5,8-11,13-15H2,1-3H3,(H,24,29). The highest BCUT2D eigenvalue weighted by Crippen LogP contribution is 2.27. The second-order valence-corrected chi connectivity index (χ2v) is 8.28. The third-order valence-electron chi connectivity index (χ3n) is 6.16. The Labute approximate surface area is 179 Å². The van der Waals surface area contributed by atoms with Gasteiger partial charge in [-0.3, -0.25) is 19.3 Å². The lowest BCUT2D eigenvalue weighted by atomic mass is 10.1. The number of hydrogen-bond acceptors (Lipinski definition) is 5. The molecule has 7 nitrogen and oxygen atoms in total. The lowest BCUT2D eigenvalue weighted by Crippen LogP contribution is -2.54. The molecule has 1 amide bonds. The van der Waals surface area contributed by atoms with Crippen molar-refractivity contribution in [2.45, 2.75) is 59.4 Å². The number of hydrogen-bond donors (Lipinski definition) is 1. The molecular weight excluding hydrogens is 378 g/mol. The number of piperazine rings is 1. The van der Waals surface area contributed by atoms with Gasteiger partial charge < -0.3 is 10.1 Å². The van der Waals surface area contributed by atoms with E-state index in [2.05, 4.69) is 65.4 Å². The zero-order valence-corrected chi connectivity index (χ0v) is 18.4. The van der Waals surface area contributed by atoms with Crippen LogP contribution in [0, 0.1) is 6.92 Å². The molecule has 1 atom stereocenters. The smallest absolute Gasteiger partial charge is 0.237 e. The summed E-state index contributed by atoms with van der Waals surface area (Å²) in [5, 5.41) is 7.57. The van der Waals surface area contributed by atoms with Crippen LogP contribution >= 0.6 is 0 Å². The predicted octanol–water partition coefficient (Wildman–Crippen LogP) is 2.32. The molecule has 1 unspecified atom stereocenters. The third-order valence-corrected chi connectivity index (χ3v) is 6.16. The van der Waals surface area contributed by atoms with E-state index in [-0.39, 0.29) is 11.9 Å². The predicted molar refractivity (Wildman–Crippen MR) is 116 cm³/mol. The fourth-order valence-corrected chi connectivity index (χ4v) is 4.48. The van der Waals surface area contributed by atoms with Crippen molar-refractivity contribution in [3.8, 4) is 5.75 Å². The minimum Gasteiger partial charge on any atom is -0.492 e. The summed E-state index contributed by atoms with van der Waals surface area (Å²) in [6.07, 6.45) is 2.99. The van der Waals surface area contributed by atoms with E-state index in [0.717, 1.165) is 63.7 Å². The highest BCUT2D eigenvalue weighted by molar-refractivity contribution is 5.82. The van der Waals surface area contributed by atoms with E-state index in [0.29, 0.717) is 6.61 Å². The molecule has 0 radical (unpaired) electrons. The summed E-state index contributed by atoms with van der Waals surface area (Å²) in [5.74, 6) is 1.13. The van der Waals surface area contributed by atoms with Crippen LogP contribution in [0.2, 0.25) is 0 Å². The molecule has 30 heavy (non-hydrogen) atoms.